The van der Waals surface area contributed by atoms with Crippen LogP contribution in [0.15, 0.2) is 18.2 Å². The highest BCUT2D eigenvalue weighted by Crippen LogP contribution is 2.24. The molecule has 3 heteroatoms. The number of rotatable bonds is 8. The normalized spacial score (nSPS) is 10.6. The first-order valence-corrected chi connectivity index (χ1v) is 7.00. The maximum Gasteiger partial charge on any atom is 0.122 e. The predicted octanol–water partition coefficient (Wildman–Crippen LogP) is 3.13. The lowest BCUT2D eigenvalue weighted by Crippen LogP contribution is -2.21. The van der Waals surface area contributed by atoms with Gasteiger partial charge in [-0.2, -0.15) is 0 Å². The Hall–Kier alpha value is -1.22. The van der Waals surface area contributed by atoms with E-state index in [0.717, 1.165) is 37.4 Å². The average molecular weight is 250 g/mol. The van der Waals surface area contributed by atoms with E-state index < -0.39 is 0 Å². The zero-order valence-electron chi connectivity index (χ0n) is 11.9. The summed E-state index contributed by atoms with van der Waals surface area (Å²) in [6, 6.07) is 5.97. The molecular formula is C15H26N2O. The number of unbranched alkanes of at least 4 members (excludes halogenated alkanes) is 1. The molecule has 0 aliphatic rings. The van der Waals surface area contributed by atoms with E-state index in [2.05, 4.69) is 37.1 Å². The van der Waals surface area contributed by atoms with Crippen molar-refractivity contribution in [3.05, 3.63) is 23.8 Å². The maximum absolute atomic E-state index is 10.0. The molecule has 2 N–H and O–H groups in total. The zero-order chi connectivity index (χ0) is 13.4. The molecule has 0 saturated heterocycles. The van der Waals surface area contributed by atoms with Gasteiger partial charge in [0.25, 0.3) is 0 Å². The quantitative estimate of drug-likeness (QED) is 0.696. The molecule has 0 bridgehead atoms. The molecule has 1 aromatic rings. The van der Waals surface area contributed by atoms with Crippen molar-refractivity contribution in [2.75, 3.05) is 24.5 Å². The number of aromatic hydroxyl groups is 1. The van der Waals surface area contributed by atoms with Gasteiger partial charge in [0.15, 0.2) is 0 Å². The molecule has 0 radical (unpaired) electrons. The molecule has 0 aliphatic carbocycles. The summed E-state index contributed by atoms with van der Waals surface area (Å²) in [5, 5.41) is 13.4. The summed E-state index contributed by atoms with van der Waals surface area (Å²) in [7, 11) is 0. The van der Waals surface area contributed by atoms with Gasteiger partial charge in [-0.3, -0.25) is 0 Å². The lowest BCUT2D eigenvalue weighted by atomic mass is 10.1. The summed E-state index contributed by atoms with van der Waals surface area (Å²) in [5.74, 6) is 0.392. The maximum atomic E-state index is 10.0. The third kappa shape index (κ3) is 4.22. The second kappa shape index (κ2) is 7.98. The van der Waals surface area contributed by atoms with E-state index in [4.69, 9.17) is 0 Å². The van der Waals surface area contributed by atoms with E-state index in [1.807, 2.05) is 12.1 Å². The van der Waals surface area contributed by atoms with E-state index in [0.29, 0.717) is 5.75 Å². The van der Waals surface area contributed by atoms with Gasteiger partial charge in [0, 0.05) is 37.0 Å². The van der Waals surface area contributed by atoms with Crippen LogP contribution >= 0.6 is 0 Å². The summed E-state index contributed by atoms with van der Waals surface area (Å²) >= 11 is 0. The molecule has 102 valence electrons. The van der Waals surface area contributed by atoms with E-state index in [-0.39, 0.29) is 0 Å². The van der Waals surface area contributed by atoms with Crippen LogP contribution in [0.3, 0.4) is 0 Å². The lowest BCUT2D eigenvalue weighted by Gasteiger charge is -2.21. The Kier molecular flexibility index (Phi) is 6.58. The van der Waals surface area contributed by atoms with E-state index in [1.165, 1.54) is 12.8 Å². The summed E-state index contributed by atoms with van der Waals surface area (Å²) in [6.07, 6.45) is 2.37. The van der Waals surface area contributed by atoms with Crippen LogP contribution in [0, 0.1) is 0 Å². The Balaban J connectivity index is 2.61. The predicted molar refractivity (Wildman–Crippen MR) is 78.3 cm³/mol. The van der Waals surface area contributed by atoms with Crippen molar-refractivity contribution in [3.63, 3.8) is 0 Å². The Bertz CT molecular complexity index is 348. The van der Waals surface area contributed by atoms with Crippen LogP contribution in [-0.4, -0.2) is 24.7 Å². The standard InChI is InChI=1S/C15H26N2O/c1-4-7-10-16-12-13-8-9-14(11-15(13)18)17(5-2)6-3/h8-9,11,16,18H,4-7,10,12H2,1-3H3. The van der Waals surface area contributed by atoms with Crippen molar-refractivity contribution in [2.45, 2.75) is 40.2 Å². The average Bonchev–Trinajstić information content (AvgIpc) is 2.38. The molecule has 0 aromatic heterocycles. The van der Waals surface area contributed by atoms with E-state index in [1.54, 1.807) is 0 Å². The number of nitrogens with zero attached hydrogens (tertiary/aromatic N) is 1. The first-order valence-electron chi connectivity index (χ1n) is 7.00. The number of phenols is 1. The number of nitrogens with one attached hydrogen (secondary N) is 1. The van der Waals surface area contributed by atoms with E-state index >= 15 is 0 Å². The second-order valence-corrected chi connectivity index (χ2v) is 4.52. The molecule has 0 fully saturated rings. The van der Waals surface area contributed by atoms with Crippen molar-refractivity contribution in [2.24, 2.45) is 0 Å². The molecular weight excluding hydrogens is 224 g/mol. The smallest absolute Gasteiger partial charge is 0.122 e. The minimum absolute atomic E-state index is 0.392. The van der Waals surface area contributed by atoms with Crippen LogP contribution in [0.5, 0.6) is 5.75 Å². The fourth-order valence-electron chi connectivity index (χ4n) is 2.01. The Morgan fingerprint density at radius 2 is 1.89 bits per heavy atom. The molecule has 0 heterocycles. The third-order valence-corrected chi connectivity index (χ3v) is 3.22. The topological polar surface area (TPSA) is 35.5 Å². The summed E-state index contributed by atoms with van der Waals surface area (Å²) in [4.78, 5) is 2.23. The monoisotopic (exact) mass is 250 g/mol. The number of hydrogen-bond acceptors (Lipinski definition) is 3. The Labute approximate surface area is 111 Å². The largest absolute Gasteiger partial charge is 0.508 e. The molecule has 0 atom stereocenters. The first kappa shape index (κ1) is 14.8. The Morgan fingerprint density at radius 3 is 2.44 bits per heavy atom. The second-order valence-electron chi connectivity index (χ2n) is 4.52. The molecule has 0 saturated carbocycles. The zero-order valence-corrected chi connectivity index (χ0v) is 11.9. The van der Waals surface area contributed by atoms with Crippen molar-refractivity contribution >= 4 is 5.69 Å². The van der Waals surface area contributed by atoms with Crippen molar-refractivity contribution in [3.8, 4) is 5.75 Å². The number of phenolic OH excluding ortho intramolecular Hbond substituents is 1. The number of hydrogen-bond donors (Lipinski definition) is 2. The third-order valence-electron chi connectivity index (χ3n) is 3.22. The van der Waals surface area contributed by atoms with E-state index in [9.17, 15) is 5.11 Å². The van der Waals surface area contributed by atoms with Crippen LogP contribution < -0.4 is 10.2 Å². The van der Waals surface area contributed by atoms with Gasteiger partial charge in [-0.05, 0) is 32.9 Å². The molecule has 18 heavy (non-hydrogen) atoms. The first-order chi connectivity index (χ1) is 8.72. The van der Waals surface area contributed by atoms with Gasteiger partial charge in [0.2, 0.25) is 0 Å². The minimum atomic E-state index is 0.392. The fraction of sp³-hybridized carbons (Fsp3) is 0.600. The minimum Gasteiger partial charge on any atom is -0.508 e. The van der Waals surface area contributed by atoms with Gasteiger partial charge in [-0.15, -0.1) is 0 Å². The van der Waals surface area contributed by atoms with Gasteiger partial charge in [0.05, 0.1) is 0 Å². The van der Waals surface area contributed by atoms with Crippen LogP contribution in [0.4, 0.5) is 5.69 Å². The van der Waals surface area contributed by atoms with Crippen molar-refractivity contribution in [1.82, 2.24) is 5.32 Å². The van der Waals surface area contributed by atoms with Gasteiger partial charge in [-0.25, -0.2) is 0 Å². The summed E-state index contributed by atoms with van der Waals surface area (Å²) in [5.41, 5.74) is 2.07. The summed E-state index contributed by atoms with van der Waals surface area (Å²) in [6.45, 7) is 10.1. The van der Waals surface area contributed by atoms with Crippen LogP contribution in [0.2, 0.25) is 0 Å². The molecule has 1 rings (SSSR count). The van der Waals surface area contributed by atoms with Crippen LogP contribution in [0.25, 0.3) is 0 Å². The van der Waals surface area contributed by atoms with Gasteiger partial charge < -0.3 is 15.3 Å². The highest BCUT2D eigenvalue weighted by Gasteiger charge is 2.06. The highest BCUT2D eigenvalue weighted by molar-refractivity contribution is 5.53. The molecule has 1 aromatic carbocycles. The number of anilines is 1. The fourth-order valence-corrected chi connectivity index (χ4v) is 2.01. The van der Waals surface area contributed by atoms with Crippen molar-refractivity contribution in [1.29, 1.82) is 0 Å². The Morgan fingerprint density at radius 1 is 1.17 bits per heavy atom. The van der Waals surface area contributed by atoms with Gasteiger partial charge >= 0.3 is 0 Å². The van der Waals surface area contributed by atoms with Gasteiger partial charge in [0.1, 0.15) is 5.75 Å². The molecule has 0 spiro atoms. The number of benzene rings is 1. The molecule has 3 nitrogen and oxygen atoms in total. The highest BCUT2D eigenvalue weighted by atomic mass is 16.3. The van der Waals surface area contributed by atoms with Crippen LogP contribution in [-0.2, 0) is 6.54 Å². The molecule has 0 aliphatic heterocycles. The molecule has 0 unspecified atom stereocenters. The molecule has 0 amide bonds. The van der Waals surface area contributed by atoms with Crippen LogP contribution in [0.1, 0.15) is 39.2 Å². The van der Waals surface area contributed by atoms with Gasteiger partial charge in [-0.1, -0.05) is 19.4 Å². The summed E-state index contributed by atoms with van der Waals surface area (Å²) < 4.78 is 0. The lowest BCUT2D eigenvalue weighted by molar-refractivity contribution is 0.464. The SMILES string of the molecule is CCCCNCc1ccc(N(CC)CC)cc1O. The van der Waals surface area contributed by atoms with Crippen molar-refractivity contribution < 1.29 is 5.11 Å².